The summed E-state index contributed by atoms with van der Waals surface area (Å²) in [5.74, 6) is 0. The third kappa shape index (κ3) is 3.21. The van der Waals surface area contributed by atoms with Crippen LogP contribution in [0.1, 0.15) is 5.56 Å². The Kier molecular flexibility index (Phi) is 5.11. The molecule has 0 unspecified atom stereocenters. The summed E-state index contributed by atoms with van der Waals surface area (Å²) in [6.07, 6.45) is 0. The van der Waals surface area contributed by atoms with E-state index in [4.69, 9.17) is 16.9 Å². The Balaban J connectivity index is 3.16. The van der Waals surface area contributed by atoms with Gasteiger partial charge < -0.3 is 5.32 Å². The zero-order valence-corrected chi connectivity index (χ0v) is 11.7. The molecule has 0 saturated carbocycles. The second-order valence-electron chi connectivity index (χ2n) is 3.69. The number of rotatable bonds is 5. The molecule has 0 heterocycles. The van der Waals surface area contributed by atoms with Gasteiger partial charge in [-0.2, -0.15) is 9.57 Å². The van der Waals surface area contributed by atoms with E-state index in [1.165, 1.54) is 29.6 Å². The standard InChI is InChI=1S/C11H14ClN3O2S/c1-14-5-6-15(2)18(16,17)11-7-9(8-13)3-4-10(11)12/h3-4,7,14H,5-6H2,1-2H3. The van der Waals surface area contributed by atoms with E-state index in [1.807, 2.05) is 6.07 Å². The van der Waals surface area contributed by atoms with E-state index in [1.54, 1.807) is 7.05 Å². The van der Waals surface area contributed by atoms with Crippen molar-refractivity contribution in [3.8, 4) is 6.07 Å². The molecule has 0 amide bonds. The molecule has 0 atom stereocenters. The average Bonchev–Trinajstić information content (AvgIpc) is 2.36. The van der Waals surface area contributed by atoms with E-state index in [0.29, 0.717) is 13.1 Å². The number of hydrogen-bond acceptors (Lipinski definition) is 4. The first-order chi connectivity index (χ1) is 8.43. The van der Waals surface area contributed by atoms with Gasteiger partial charge in [0, 0.05) is 20.1 Å². The van der Waals surface area contributed by atoms with Gasteiger partial charge in [0.1, 0.15) is 4.90 Å². The lowest BCUT2D eigenvalue weighted by atomic mass is 10.2. The van der Waals surface area contributed by atoms with Crippen LogP contribution in [0.15, 0.2) is 23.1 Å². The van der Waals surface area contributed by atoms with Crippen LogP contribution in [0.3, 0.4) is 0 Å². The van der Waals surface area contributed by atoms with E-state index in [9.17, 15) is 8.42 Å². The Bertz CT molecular complexity index is 566. The van der Waals surface area contributed by atoms with Crippen LogP contribution in [0.4, 0.5) is 0 Å². The summed E-state index contributed by atoms with van der Waals surface area (Å²) >= 11 is 5.88. The third-order valence-corrected chi connectivity index (χ3v) is 4.76. The maximum atomic E-state index is 12.2. The molecule has 1 rings (SSSR count). The summed E-state index contributed by atoms with van der Waals surface area (Å²) in [5, 5.41) is 11.8. The van der Waals surface area contributed by atoms with Crippen molar-refractivity contribution >= 4 is 21.6 Å². The Hall–Kier alpha value is -1.13. The molecule has 1 aromatic carbocycles. The molecule has 0 radical (unpaired) electrons. The molecule has 0 aliphatic carbocycles. The molecule has 1 aromatic rings. The number of halogens is 1. The topological polar surface area (TPSA) is 73.2 Å². The SMILES string of the molecule is CNCCN(C)S(=O)(=O)c1cc(C#N)ccc1Cl. The first-order valence-corrected chi connectivity index (χ1v) is 7.06. The van der Waals surface area contributed by atoms with Gasteiger partial charge in [-0.3, -0.25) is 0 Å². The van der Waals surface area contributed by atoms with Crippen LogP contribution < -0.4 is 5.32 Å². The van der Waals surface area contributed by atoms with Crippen molar-refractivity contribution in [1.82, 2.24) is 9.62 Å². The van der Waals surface area contributed by atoms with Crippen LogP contribution in [-0.2, 0) is 10.0 Å². The van der Waals surface area contributed by atoms with Crippen molar-refractivity contribution in [2.45, 2.75) is 4.90 Å². The van der Waals surface area contributed by atoms with Crippen LogP contribution >= 0.6 is 11.6 Å². The largest absolute Gasteiger partial charge is 0.318 e. The fourth-order valence-electron chi connectivity index (χ4n) is 1.33. The van der Waals surface area contributed by atoms with Crippen molar-refractivity contribution in [2.24, 2.45) is 0 Å². The molecular formula is C11H14ClN3O2S. The number of hydrogen-bond donors (Lipinski definition) is 1. The lowest BCUT2D eigenvalue weighted by molar-refractivity contribution is 0.466. The fourth-order valence-corrected chi connectivity index (χ4v) is 3.00. The minimum atomic E-state index is -3.66. The highest BCUT2D eigenvalue weighted by molar-refractivity contribution is 7.89. The summed E-state index contributed by atoms with van der Waals surface area (Å²) in [6.45, 7) is 0.858. The molecule has 0 fully saturated rings. The van der Waals surface area contributed by atoms with E-state index < -0.39 is 10.0 Å². The summed E-state index contributed by atoms with van der Waals surface area (Å²) in [5.41, 5.74) is 0.264. The Labute approximate surface area is 112 Å². The van der Waals surface area contributed by atoms with E-state index in [-0.39, 0.29) is 15.5 Å². The summed E-state index contributed by atoms with van der Waals surface area (Å²) < 4.78 is 25.7. The Morgan fingerprint density at radius 3 is 2.72 bits per heavy atom. The Morgan fingerprint density at radius 1 is 1.50 bits per heavy atom. The Morgan fingerprint density at radius 2 is 2.17 bits per heavy atom. The summed E-state index contributed by atoms with van der Waals surface area (Å²) in [4.78, 5) is -0.0400. The van der Waals surface area contributed by atoms with Gasteiger partial charge in [-0.05, 0) is 25.2 Å². The molecule has 18 heavy (non-hydrogen) atoms. The van der Waals surface area contributed by atoms with Crippen LogP contribution in [0.5, 0.6) is 0 Å². The summed E-state index contributed by atoms with van der Waals surface area (Å²) in [6, 6.07) is 6.08. The quantitative estimate of drug-likeness (QED) is 0.878. The number of nitriles is 1. The first-order valence-electron chi connectivity index (χ1n) is 5.24. The van der Waals surface area contributed by atoms with Crippen LogP contribution in [0.2, 0.25) is 5.02 Å². The van der Waals surface area contributed by atoms with Crippen molar-refractivity contribution in [1.29, 1.82) is 5.26 Å². The maximum Gasteiger partial charge on any atom is 0.244 e. The highest BCUT2D eigenvalue weighted by Crippen LogP contribution is 2.24. The fraction of sp³-hybridized carbons (Fsp3) is 0.364. The van der Waals surface area contributed by atoms with Gasteiger partial charge in [-0.15, -0.1) is 0 Å². The minimum absolute atomic E-state index is 0.0400. The predicted octanol–water partition coefficient (Wildman–Crippen LogP) is 1.05. The first kappa shape index (κ1) is 14.9. The van der Waals surface area contributed by atoms with E-state index in [2.05, 4.69) is 5.32 Å². The molecule has 0 aliphatic heterocycles. The second-order valence-corrected chi connectivity index (χ2v) is 6.11. The monoisotopic (exact) mass is 287 g/mol. The highest BCUT2D eigenvalue weighted by Gasteiger charge is 2.23. The molecule has 0 aliphatic rings. The number of nitrogens with one attached hydrogen (secondary N) is 1. The number of benzene rings is 1. The van der Waals surface area contributed by atoms with Gasteiger partial charge >= 0.3 is 0 Å². The van der Waals surface area contributed by atoms with Crippen molar-refractivity contribution < 1.29 is 8.42 Å². The lowest BCUT2D eigenvalue weighted by Gasteiger charge is -2.17. The molecule has 0 spiro atoms. The van der Waals surface area contributed by atoms with Gasteiger partial charge in [0.2, 0.25) is 10.0 Å². The van der Waals surface area contributed by atoms with Crippen LogP contribution in [0.25, 0.3) is 0 Å². The number of nitrogens with zero attached hydrogens (tertiary/aromatic N) is 2. The highest BCUT2D eigenvalue weighted by atomic mass is 35.5. The third-order valence-electron chi connectivity index (χ3n) is 2.43. The molecular weight excluding hydrogens is 274 g/mol. The molecule has 1 N–H and O–H groups in total. The van der Waals surface area contributed by atoms with Crippen molar-refractivity contribution in [3.05, 3.63) is 28.8 Å². The lowest BCUT2D eigenvalue weighted by Crippen LogP contribution is -2.33. The zero-order valence-electron chi connectivity index (χ0n) is 10.1. The van der Waals surface area contributed by atoms with E-state index in [0.717, 1.165) is 0 Å². The second kappa shape index (κ2) is 6.16. The molecule has 0 bridgehead atoms. The minimum Gasteiger partial charge on any atom is -0.318 e. The van der Waals surface area contributed by atoms with Gasteiger partial charge in [0.25, 0.3) is 0 Å². The maximum absolute atomic E-state index is 12.2. The summed E-state index contributed by atoms with van der Waals surface area (Å²) in [7, 11) is -0.450. The number of sulfonamides is 1. The molecule has 0 aromatic heterocycles. The van der Waals surface area contributed by atoms with Gasteiger partial charge in [-0.25, -0.2) is 8.42 Å². The van der Waals surface area contributed by atoms with Gasteiger partial charge in [0.05, 0.1) is 16.7 Å². The molecule has 0 saturated heterocycles. The smallest absolute Gasteiger partial charge is 0.244 e. The zero-order chi connectivity index (χ0) is 13.8. The van der Waals surface area contributed by atoms with Crippen LogP contribution in [0, 0.1) is 11.3 Å². The predicted molar refractivity (Wildman–Crippen MR) is 69.9 cm³/mol. The molecule has 7 heteroatoms. The molecule has 98 valence electrons. The van der Waals surface area contributed by atoms with Crippen molar-refractivity contribution in [2.75, 3.05) is 27.2 Å². The normalized spacial score (nSPS) is 11.5. The number of likely N-dealkylation sites (N-methyl/N-ethyl adjacent to an activating group) is 2. The average molecular weight is 288 g/mol. The van der Waals surface area contributed by atoms with Crippen LogP contribution in [-0.4, -0.2) is 39.9 Å². The van der Waals surface area contributed by atoms with Gasteiger partial charge in [0.15, 0.2) is 0 Å². The van der Waals surface area contributed by atoms with Gasteiger partial charge in [-0.1, -0.05) is 11.6 Å². The van der Waals surface area contributed by atoms with Crippen molar-refractivity contribution in [3.63, 3.8) is 0 Å². The van der Waals surface area contributed by atoms with E-state index >= 15 is 0 Å². The molecule has 5 nitrogen and oxygen atoms in total.